The van der Waals surface area contributed by atoms with Gasteiger partial charge in [0.05, 0.1) is 24.8 Å². The molecule has 3 aromatic rings. The van der Waals surface area contributed by atoms with E-state index in [2.05, 4.69) is 5.32 Å². The molecule has 0 unspecified atom stereocenters. The molecule has 0 heterocycles. The molecular weight excluding hydrogens is 566 g/mol. The van der Waals surface area contributed by atoms with E-state index in [1.165, 1.54) is 37.3 Å². The molecule has 1 aliphatic rings. The van der Waals surface area contributed by atoms with Crippen molar-refractivity contribution < 1.29 is 27.5 Å². The summed E-state index contributed by atoms with van der Waals surface area (Å²) in [5, 5.41) is 3.12. The highest BCUT2D eigenvalue weighted by atomic mass is 32.2. The Morgan fingerprint density at radius 1 is 0.930 bits per heavy atom. The first-order valence-corrected chi connectivity index (χ1v) is 16.0. The Kier molecular flexibility index (Phi) is 10.7. The van der Waals surface area contributed by atoms with Gasteiger partial charge in [0.1, 0.15) is 24.1 Å². The van der Waals surface area contributed by atoms with Crippen molar-refractivity contribution in [2.75, 3.05) is 25.1 Å². The van der Waals surface area contributed by atoms with E-state index in [0.29, 0.717) is 5.75 Å². The number of sulfonamides is 1. The minimum Gasteiger partial charge on any atom is -0.497 e. The van der Waals surface area contributed by atoms with E-state index in [-0.39, 0.29) is 34.8 Å². The Labute approximate surface area is 254 Å². The summed E-state index contributed by atoms with van der Waals surface area (Å²) in [5.41, 5.74) is 1.86. The van der Waals surface area contributed by atoms with E-state index >= 15 is 0 Å². The van der Waals surface area contributed by atoms with Crippen LogP contribution >= 0.6 is 0 Å². The Bertz CT molecular complexity index is 1490. The fraction of sp³-hybridized carbons (Fsp3) is 0.394. The molecule has 2 amide bonds. The van der Waals surface area contributed by atoms with Crippen molar-refractivity contribution >= 4 is 27.5 Å². The van der Waals surface area contributed by atoms with Crippen molar-refractivity contribution in [1.29, 1.82) is 0 Å². The number of ether oxygens (including phenoxy) is 2. The van der Waals surface area contributed by atoms with E-state index < -0.39 is 28.5 Å². The minimum absolute atomic E-state index is 0.0217. The number of benzene rings is 3. The molecule has 1 saturated carbocycles. The fourth-order valence-corrected chi connectivity index (χ4v) is 6.69. The molecule has 0 radical (unpaired) electrons. The number of hydrogen-bond donors (Lipinski definition) is 1. The fourth-order valence-electron chi connectivity index (χ4n) is 5.27. The number of carbonyl (C=O) groups excluding carboxylic acids is 2. The van der Waals surface area contributed by atoms with Crippen LogP contribution in [0.3, 0.4) is 0 Å². The molecule has 1 N–H and O–H groups in total. The molecule has 1 aliphatic carbocycles. The zero-order valence-electron chi connectivity index (χ0n) is 25.3. The number of anilines is 1. The molecule has 43 heavy (non-hydrogen) atoms. The first-order valence-electron chi connectivity index (χ1n) is 14.6. The SMILES string of the molecule is COc1ccc(OC)c(N(CC(=O)N(Cc2ccccc2)[C@H](C)C(=O)NC2CCCCC2)S(=O)(=O)c2ccc(C)cc2)c1. The minimum atomic E-state index is -4.25. The molecule has 230 valence electrons. The van der Waals surface area contributed by atoms with Crippen molar-refractivity contribution in [1.82, 2.24) is 10.2 Å². The van der Waals surface area contributed by atoms with Crippen LogP contribution in [0.1, 0.15) is 50.2 Å². The molecule has 3 aromatic carbocycles. The lowest BCUT2D eigenvalue weighted by atomic mass is 9.95. The number of nitrogens with one attached hydrogen (secondary N) is 1. The molecule has 0 bridgehead atoms. The average Bonchev–Trinajstić information content (AvgIpc) is 3.02. The van der Waals surface area contributed by atoms with Gasteiger partial charge in [0.2, 0.25) is 11.8 Å². The summed E-state index contributed by atoms with van der Waals surface area (Å²) in [6.07, 6.45) is 5.08. The third kappa shape index (κ3) is 7.87. The van der Waals surface area contributed by atoms with Crippen molar-refractivity contribution in [3.8, 4) is 11.5 Å². The Balaban J connectivity index is 1.73. The van der Waals surface area contributed by atoms with Crippen molar-refractivity contribution in [3.05, 3.63) is 83.9 Å². The van der Waals surface area contributed by atoms with Gasteiger partial charge in [-0.05, 0) is 56.5 Å². The van der Waals surface area contributed by atoms with E-state index in [9.17, 15) is 18.0 Å². The smallest absolute Gasteiger partial charge is 0.264 e. The number of rotatable bonds is 12. The first kappa shape index (κ1) is 31.9. The summed E-state index contributed by atoms with van der Waals surface area (Å²) in [6.45, 7) is 3.12. The van der Waals surface area contributed by atoms with Crippen LogP contribution in [0.2, 0.25) is 0 Å². The van der Waals surface area contributed by atoms with Crippen LogP contribution < -0.4 is 19.1 Å². The second kappa shape index (κ2) is 14.4. The van der Waals surface area contributed by atoms with Gasteiger partial charge in [0.25, 0.3) is 10.0 Å². The van der Waals surface area contributed by atoms with E-state index in [1.54, 1.807) is 31.2 Å². The highest BCUT2D eigenvalue weighted by molar-refractivity contribution is 7.92. The van der Waals surface area contributed by atoms with Crippen LogP contribution in [0.25, 0.3) is 0 Å². The van der Waals surface area contributed by atoms with E-state index in [1.807, 2.05) is 37.3 Å². The van der Waals surface area contributed by atoms with Crippen LogP contribution in [0.4, 0.5) is 5.69 Å². The van der Waals surface area contributed by atoms with Crippen LogP contribution in [-0.4, -0.2) is 58.0 Å². The molecule has 0 aromatic heterocycles. The number of nitrogens with zero attached hydrogens (tertiary/aromatic N) is 2. The van der Waals surface area contributed by atoms with Gasteiger partial charge in [-0.2, -0.15) is 0 Å². The first-order chi connectivity index (χ1) is 20.6. The van der Waals surface area contributed by atoms with Gasteiger partial charge in [-0.25, -0.2) is 8.42 Å². The molecular formula is C33H41N3O6S. The maximum Gasteiger partial charge on any atom is 0.264 e. The number of methoxy groups -OCH3 is 2. The lowest BCUT2D eigenvalue weighted by Crippen LogP contribution is -2.53. The molecule has 0 spiro atoms. The van der Waals surface area contributed by atoms with Gasteiger partial charge in [-0.1, -0.05) is 67.3 Å². The molecule has 0 saturated heterocycles. The molecule has 9 nitrogen and oxygen atoms in total. The molecule has 10 heteroatoms. The second-order valence-electron chi connectivity index (χ2n) is 10.9. The summed E-state index contributed by atoms with van der Waals surface area (Å²) in [6, 6.07) is 19.8. The van der Waals surface area contributed by atoms with Crippen LogP contribution in [0.15, 0.2) is 77.7 Å². The average molecular weight is 608 g/mol. The maximum absolute atomic E-state index is 14.2. The highest BCUT2D eigenvalue weighted by Crippen LogP contribution is 2.36. The Morgan fingerprint density at radius 2 is 1.60 bits per heavy atom. The highest BCUT2D eigenvalue weighted by Gasteiger charge is 2.34. The number of hydrogen-bond acceptors (Lipinski definition) is 6. The zero-order valence-corrected chi connectivity index (χ0v) is 26.1. The number of aryl methyl sites for hydroxylation is 1. The van der Waals surface area contributed by atoms with Gasteiger partial charge >= 0.3 is 0 Å². The normalized spacial score (nSPS) is 14.4. The lowest BCUT2D eigenvalue weighted by molar-refractivity contribution is -0.139. The van der Waals surface area contributed by atoms with Crippen LogP contribution in [0.5, 0.6) is 11.5 Å². The molecule has 1 atom stereocenters. The zero-order chi connectivity index (χ0) is 31.0. The summed E-state index contributed by atoms with van der Waals surface area (Å²) < 4.78 is 40.3. The Morgan fingerprint density at radius 3 is 2.23 bits per heavy atom. The second-order valence-corrected chi connectivity index (χ2v) is 12.8. The van der Waals surface area contributed by atoms with Gasteiger partial charge in [0, 0.05) is 18.7 Å². The third-order valence-electron chi connectivity index (χ3n) is 7.86. The largest absolute Gasteiger partial charge is 0.497 e. The van der Waals surface area contributed by atoms with Gasteiger partial charge in [-0.3, -0.25) is 13.9 Å². The summed E-state index contributed by atoms with van der Waals surface area (Å²) in [4.78, 5) is 29.2. The number of carbonyl (C=O) groups is 2. The van der Waals surface area contributed by atoms with Crippen molar-refractivity contribution in [2.24, 2.45) is 0 Å². The molecule has 4 rings (SSSR count). The van der Waals surface area contributed by atoms with E-state index in [4.69, 9.17) is 9.47 Å². The van der Waals surface area contributed by atoms with Gasteiger partial charge in [0.15, 0.2) is 0 Å². The predicted molar refractivity (Wildman–Crippen MR) is 167 cm³/mol. The topological polar surface area (TPSA) is 105 Å². The summed E-state index contributed by atoms with van der Waals surface area (Å²) in [5.74, 6) is -0.144. The van der Waals surface area contributed by atoms with Crippen molar-refractivity contribution in [3.63, 3.8) is 0 Å². The predicted octanol–water partition coefficient (Wildman–Crippen LogP) is 5.07. The van der Waals surface area contributed by atoms with Gasteiger partial charge < -0.3 is 19.7 Å². The van der Waals surface area contributed by atoms with E-state index in [0.717, 1.165) is 47.5 Å². The van der Waals surface area contributed by atoms with Gasteiger partial charge in [-0.15, -0.1) is 0 Å². The van der Waals surface area contributed by atoms with Crippen molar-refractivity contribution in [2.45, 2.75) is 69.5 Å². The quantitative estimate of drug-likeness (QED) is 0.308. The summed E-state index contributed by atoms with van der Waals surface area (Å²) >= 11 is 0. The van der Waals surface area contributed by atoms with Crippen LogP contribution in [0, 0.1) is 6.92 Å². The lowest BCUT2D eigenvalue weighted by Gasteiger charge is -2.33. The number of amides is 2. The third-order valence-corrected chi connectivity index (χ3v) is 9.63. The maximum atomic E-state index is 14.2. The summed E-state index contributed by atoms with van der Waals surface area (Å²) in [7, 11) is -1.34. The monoisotopic (exact) mass is 607 g/mol. The van der Waals surface area contributed by atoms with Crippen LogP contribution in [-0.2, 0) is 26.2 Å². The standard InChI is InChI=1S/C33H41N3O6S/c1-24-15-18-29(19-16-24)43(39,40)36(30-21-28(41-3)17-20-31(30)42-4)23-32(37)35(22-26-11-7-5-8-12-26)25(2)33(38)34-27-13-9-6-10-14-27/h5,7-8,11-12,15-21,25,27H,6,9-10,13-14,22-23H2,1-4H3,(H,34,38)/t25-/m1/s1. The Hall–Kier alpha value is -4.05. The molecule has 0 aliphatic heterocycles. The molecule has 1 fully saturated rings.